The Morgan fingerprint density at radius 1 is 0.348 bits per heavy atom. The molecule has 0 fully saturated rings. The maximum Gasteiger partial charge on any atom is 0.416 e. The van der Waals surface area contributed by atoms with E-state index < -0.39 is 51.1 Å². The average molecular weight is 1290 g/mol. The summed E-state index contributed by atoms with van der Waals surface area (Å²) in [5.41, 5.74) is 6.17. The third kappa shape index (κ3) is 18.0. The Hall–Kier alpha value is -7.46. The van der Waals surface area contributed by atoms with E-state index in [1.807, 2.05) is 60.7 Å². The molecule has 0 heterocycles. The van der Waals surface area contributed by atoms with Gasteiger partial charge in [0.25, 0.3) is 0 Å². The second kappa shape index (κ2) is 31.4. The summed E-state index contributed by atoms with van der Waals surface area (Å²) in [7, 11) is -7.57. The molecule has 9 aromatic rings. The van der Waals surface area contributed by atoms with Gasteiger partial charge in [-0.2, -0.15) is 26.3 Å². The topological polar surface area (TPSA) is 89.5 Å². The fourth-order valence-electron chi connectivity index (χ4n) is 11.1. The quantitative estimate of drug-likeness (QED) is 0.0328. The predicted octanol–water partition coefficient (Wildman–Crippen LogP) is 17.3. The van der Waals surface area contributed by atoms with Gasteiger partial charge in [-0.15, -0.1) is 0 Å². The summed E-state index contributed by atoms with van der Waals surface area (Å²) in [5.74, 6) is 2.09. The van der Waals surface area contributed by atoms with Crippen molar-refractivity contribution in [3.8, 4) is 5.75 Å². The van der Waals surface area contributed by atoms with Gasteiger partial charge in [0.2, 0.25) is 11.6 Å². The van der Waals surface area contributed by atoms with E-state index in [1.165, 1.54) is 65.2 Å². The smallest absolute Gasteiger partial charge is 0.416 e. The van der Waals surface area contributed by atoms with Crippen molar-refractivity contribution in [2.45, 2.75) is 131 Å². The Labute approximate surface area is 542 Å². The lowest BCUT2D eigenvalue weighted by Crippen LogP contribution is -2.50. The highest BCUT2D eigenvalue weighted by atomic mass is 31.2. The SMILES string of the molecule is CC(C)c1ccc([P+](CC(=O)c2ccccc2)(c2ccc(C(C)C)cc2)c2ccc(C(C)C)cc2)cc1.CC(C)c1ccc([P+](CC(=O)c2ccccc2)(c2ccc(C(C)C)cc2)c2ccc(C(C)C)cc2)cc1.[O-]B([O-])Oc1cc(C(F)(F)F)cc(C(F)(F)F)c1. The van der Waals surface area contributed by atoms with Crippen LogP contribution in [0.5, 0.6) is 5.75 Å². The first kappa shape index (κ1) is 72.0. The van der Waals surface area contributed by atoms with Crippen LogP contribution in [-0.4, -0.2) is 31.2 Å². The van der Waals surface area contributed by atoms with Crippen LogP contribution in [0.15, 0.2) is 224 Å². The predicted molar refractivity (Wildman–Crippen MR) is 369 cm³/mol. The largest absolute Gasteiger partial charge is 0.860 e. The van der Waals surface area contributed by atoms with Gasteiger partial charge in [-0.25, -0.2) is 0 Å². The summed E-state index contributed by atoms with van der Waals surface area (Å²) in [5, 5.41) is 27.7. The summed E-state index contributed by atoms with van der Waals surface area (Å²) in [6.45, 7) is 26.7. The van der Waals surface area contributed by atoms with Crippen LogP contribution in [0.3, 0.4) is 0 Å². The van der Waals surface area contributed by atoms with E-state index in [0.717, 1.165) is 11.1 Å². The van der Waals surface area contributed by atoms with Gasteiger partial charge in [-0.3, -0.25) is 9.59 Å². The highest BCUT2D eigenvalue weighted by Gasteiger charge is 2.49. The summed E-state index contributed by atoms with van der Waals surface area (Å²) in [6.07, 6.45) is -9.17. The fraction of sp³-hybridized carbons (Fsp3) is 0.282. The van der Waals surface area contributed by atoms with Gasteiger partial charge in [0.1, 0.15) is 66.0 Å². The number of benzene rings is 9. The Kier molecular flexibility index (Phi) is 24.6. The highest BCUT2D eigenvalue weighted by molar-refractivity contribution is 7.96. The van der Waals surface area contributed by atoms with Crippen LogP contribution in [-0.2, 0) is 12.4 Å². The van der Waals surface area contributed by atoms with Crippen molar-refractivity contribution in [3.05, 3.63) is 280 Å². The maximum atomic E-state index is 13.9. The number of hydrogen-bond acceptors (Lipinski definition) is 5. The molecule has 0 aliphatic heterocycles. The molecular formula is C78H83BF6O5P2. The van der Waals surface area contributed by atoms with Crippen molar-refractivity contribution in [2.24, 2.45) is 0 Å². The molecule has 0 spiro atoms. The molecule has 9 rings (SSSR count). The number of halogens is 6. The molecule has 0 atom stereocenters. The zero-order chi connectivity index (χ0) is 67.3. The Balaban J connectivity index is 0.000000208. The average Bonchev–Trinajstić information content (AvgIpc) is 0.755. The molecular weight excluding hydrogens is 1200 g/mol. The van der Waals surface area contributed by atoms with Crippen LogP contribution in [0.25, 0.3) is 0 Å². The van der Waals surface area contributed by atoms with E-state index in [2.05, 4.69) is 233 Å². The summed E-state index contributed by atoms with van der Waals surface area (Å²) < 4.78 is 77.5. The van der Waals surface area contributed by atoms with Crippen molar-refractivity contribution in [1.82, 2.24) is 0 Å². The maximum absolute atomic E-state index is 13.9. The van der Waals surface area contributed by atoms with Crippen LogP contribution in [0.2, 0.25) is 0 Å². The van der Waals surface area contributed by atoms with Crippen LogP contribution >= 0.6 is 14.5 Å². The zero-order valence-corrected chi connectivity index (χ0v) is 56.3. The number of Topliss-reactive ketones (excluding diaryl/α,β-unsaturated/α-hetero) is 2. The molecule has 0 unspecified atom stereocenters. The fourth-order valence-corrected chi connectivity index (χ4v) is 19.2. The Bertz CT molecular complexity index is 3300. The first-order valence-corrected chi connectivity index (χ1v) is 35.2. The van der Waals surface area contributed by atoms with Gasteiger partial charge >= 0.3 is 12.4 Å². The molecule has 5 nitrogen and oxygen atoms in total. The Morgan fingerprint density at radius 3 is 0.728 bits per heavy atom. The van der Waals surface area contributed by atoms with E-state index in [1.54, 1.807) is 0 Å². The van der Waals surface area contributed by atoms with Gasteiger partial charge in [0.15, 0.2) is 0 Å². The second-order valence-corrected chi connectivity index (χ2v) is 32.1. The second-order valence-electron chi connectivity index (χ2n) is 25.1. The van der Waals surface area contributed by atoms with Crippen LogP contribution in [0.4, 0.5) is 26.3 Å². The molecule has 0 aromatic heterocycles. The number of carbonyl (C=O) groups excluding carboxylic acids is 2. The monoisotopic (exact) mass is 1290 g/mol. The lowest BCUT2D eigenvalue weighted by molar-refractivity contribution is -0.372. The molecule has 0 amide bonds. The normalized spacial score (nSPS) is 12.0. The lowest BCUT2D eigenvalue weighted by atomic mass is 10.0. The van der Waals surface area contributed by atoms with Gasteiger partial charge in [-0.1, -0.05) is 217 Å². The third-order valence-corrected chi connectivity index (χ3v) is 25.4. The molecule has 0 bridgehead atoms. The lowest BCUT2D eigenvalue weighted by Gasteiger charge is -2.28. The van der Waals surface area contributed by atoms with E-state index in [-0.39, 0.29) is 29.8 Å². The zero-order valence-electron chi connectivity index (χ0n) is 54.5. The summed E-state index contributed by atoms with van der Waals surface area (Å²) in [4.78, 5) is 27.9. The number of rotatable bonds is 20. The molecule has 0 saturated heterocycles. The van der Waals surface area contributed by atoms with Crippen molar-refractivity contribution in [3.63, 3.8) is 0 Å². The molecule has 0 aliphatic carbocycles. The van der Waals surface area contributed by atoms with E-state index in [0.29, 0.717) is 47.8 Å². The van der Waals surface area contributed by atoms with Crippen LogP contribution in [0.1, 0.15) is 184 Å². The molecule has 14 heteroatoms. The van der Waals surface area contributed by atoms with Gasteiger partial charge in [0, 0.05) is 11.1 Å². The first-order chi connectivity index (χ1) is 43.4. The molecule has 480 valence electrons. The van der Waals surface area contributed by atoms with Gasteiger partial charge in [0.05, 0.1) is 16.9 Å². The van der Waals surface area contributed by atoms with Crippen molar-refractivity contribution < 1.29 is 50.6 Å². The van der Waals surface area contributed by atoms with Gasteiger partial charge < -0.3 is 14.7 Å². The van der Waals surface area contributed by atoms with Gasteiger partial charge in [-0.05, 0) is 160 Å². The molecule has 92 heavy (non-hydrogen) atoms. The van der Waals surface area contributed by atoms with Crippen LogP contribution in [0, 0.1) is 0 Å². The number of ketones is 2. The number of alkyl halides is 6. The van der Waals surface area contributed by atoms with Crippen LogP contribution < -0.4 is 46.5 Å². The molecule has 0 N–H and O–H groups in total. The van der Waals surface area contributed by atoms with E-state index in [4.69, 9.17) is 0 Å². The minimum absolute atomic E-state index is 0.141. The van der Waals surface area contributed by atoms with Crippen molar-refractivity contribution in [1.29, 1.82) is 0 Å². The Morgan fingerprint density at radius 2 is 0.554 bits per heavy atom. The summed E-state index contributed by atoms with van der Waals surface area (Å²) >= 11 is 0. The summed E-state index contributed by atoms with van der Waals surface area (Å²) in [6, 6.07) is 74.2. The minimum Gasteiger partial charge on any atom is -0.860 e. The standard InChI is InChI=1S/2C35H40OP.C8H3BF6O3/c2*1-25(2)28-12-18-32(19-13-28)37(24-35(36)31-10-8-7-9-11-31,33-20-14-29(15-21-33)26(3)4)34-22-16-30(17-23-34)27(5)6;10-7(11,12)4-1-5(8(13,14)15)3-6(2-4)18-9(16)17/h2*7-23,25-27H,24H2,1-6H3;1-3H/q2*+1;-2. The van der Waals surface area contributed by atoms with Crippen molar-refractivity contribution in [2.75, 3.05) is 12.3 Å². The molecule has 9 aromatic carbocycles. The molecule has 0 aliphatic rings. The molecule has 0 saturated carbocycles. The minimum atomic E-state index is -5.05. The molecule has 0 radical (unpaired) electrons. The number of hydrogen-bond donors (Lipinski definition) is 0. The third-order valence-electron chi connectivity index (χ3n) is 16.7. The first-order valence-electron chi connectivity index (χ1n) is 31.3. The highest BCUT2D eigenvalue weighted by Crippen LogP contribution is 2.57. The van der Waals surface area contributed by atoms with Crippen molar-refractivity contribution >= 4 is 65.2 Å². The number of carbonyl (C=O) groups is 2. The van der Waals surface area contributed by atoms with E-state index in [9.17, 15) is 46.0 Å². The van der Waals surface area contributed by atoms with E-state index >= 15 is 0 Å².